The average molecular weight is 321 g/mol. The Morgan fingerprint density at radius 2 is 1.78 bits per heavy atom. The normalized spacial score (nSPS) is 12.3. The fraction of sp³-hybridized carbons (Fsp3) is 0.412. The van der Waals surface area contributed by atoms with Crippen molar-refractivity contribution in [2.45, 2.75) is 46.3 Å². The molecule has 124 valence electrons. The Bertz CT molecular complexity index is 632. The van der Waals surface area contributed by atoms with Gasteiger partial charge in [-0.3, -0.25) is 0 Å². The summed E-state index contributed by atoms with van der Waals surface area (Å²) in [5.41, 5.74) is 3.11. The van der Waals surface area contributed by atoms with E-state index in [0.29, 0.717) is 0 Å². The summed E-state index contributed by atoms with van der Waals surface area (Å²) < 4.78 is 28.7. The first-order valence-electron chi connectivity index (χ1n) is 7.69. The van der Waals surface area contributed by atoms with E-state index in [0.717, 1.165) is 35.5 Å². The molecule has 1 unspecified atom stereocenters. The van der Waals surface area contributed by atoms with Gasteiger partial charge in [0, 0.05) is 17.3 Å². The Hall–Kier alpha value is -2.24. The van der Waals surface area contributed by atoms with Crippen molar-refractivity contribution in [1.82, 2.24) is 9.97 Å². The number of aromatic nitrogens is 2. The number of ether oxygens (including phenoxy) is 1. The number of benzene rings is 1. The molecule has 0 fully saturated rings. The lowest BCUT2D eigenvalue weighted by Crippen LogP contribution is -2.12. The zero-order chi connectivity index (χ0) is 16.8. The van der Waals surface area contributed by atoms with Gasteiger partial charge in [-0.05, 0) is 37.5 Å². The fourth-order valence-electron chi connectivity index (χ4n) is 2.48. The van der Waals surface area contributed by atoms with Crippen LogP contribution in [0, 0.1) is 0 Å². The van der Waals surface area contributed by atoms with Crippen LogP contribution in [0.3, 0.4) is 0 Å². The quantitative estimate of drug-likeness (QED) is 0.822. The van der Waals surface area contributed by atoms with Gasteiger partial charge in [-0.25, -0.2) is 9.97 Å². The maximum Gasteiger partial charge on any atom is 0.387 e. The number of nitrogens with one attached hydrogen (secondary N) is 1. The first-order valence-corrected chi connectivity index (χ1v) is 7.69. The molecule has 0 aliphatic heterocycles. The van der Waals surface area contributed by atoms with Crippen LogP contribution in [-0.4, -0.2) is 16.6 Å². The first kappa shape index (κ1) is 17.1. The van der Waals surface area contributed by atoms with Crippen LogP contribution < -0.4 is 10.1 Å². The van der Waals surface area contributed by atoms with Gasteiger partial charge in [0.05, 0.1) is 0 Å². The Kier molecular flexibility index (Phi) is 5.84. The van der Waals surface area contributed by atoms with Gasteiger partial charge < -0.3 is 10.1 Å². The van der Waals surface area contributed by atoms with E-state index in [-0.39, 0.29) is 11.8 Å². The summed E-state index contributed by atoms with van der Waals surface area (Å²) in [5.74, 6) is 0.972. The van der Waals surface area contributed by atoms with Crippen molar-refractivity contribution in [3.8, 4) is 5.75 Å². The number of hydrogen-bond acceptors (Lipinski definition) is 4. The van der Waals surface area contributed by atoms with Crippen LogP contribution in [0.2, 0.25) is 0 Å². The number of aryl methyl sites for hydroxylation is 1. The third kappa shape index (κ3) is 4.37. The van der Waals surface area contributed by atoms with Gasteiger partial charge in [-0.15, -0.1) is 0 Å². The summed E-state index contributed by atoms with van der Waals surface area (Å²) in [4.78, 5) is 8.64. The minimum Gasteiger partial charge on any atom is -0.435 e. The first-order chi connectivity index (χ1) is 11.0. The molecule has 0 amide bonds. The van der Waals surface area contributed by atoms with E-state index in [9.17, 15) is 8.78 Å². The monoisotopic (exact) mass is 321 g/mol. The number of rotatable bonds is 7. The van der Waals surface area contributed by atoms with Crippen molar-refractivity contribution in [2.75, 3.05) is 5.32 Å². The highest BCUT2D eigenvalue weighted by Crippen LogP contribution is 2.24. The summed E-state index contributed by atoms with van der Waals surface area (Å²) in [6, 6.07) is 6.60. The highest BCUT2D eigenvalue weighted by Gasteiger charge is 2.12. The summed E-state index contributed by atoms with van der Waals surface area (Å²) in [6.07, 6.45) is 3.27. The van der Waals surface area contributed by atoms with Crippen LogP contribution in [0.1, 0.15) is 43.6 Å². The highest BCUT2D eigenvalue weighted by atomic mass is 19.3. The van der Waals surface area contributed by atoms with Crippen molar-refractivity contribution in [3.05, 3.63) is 47.4 Å². The topological polar surface area (TPSA) is 47.0 Å². The van der Waals surface area contributed by atoms with Gasteiger partial charge in [-0.2, -0.15) is 8.78 Å². The molecule has 0 aliphatic rings. The maximum atomic E-state index is 12.2. The van der Waals surface area contributed by atoms with Gasteiger partial charge in [0.25, 0.3) is 0 Å². The van der Waals surface area contributed by atoms with Gasteiger partial charge in [0.2, 0.25) is 0 Å². The molecule has 6 heteroatoms. The van der Waals surface area contributed by atoms with Gasteiger partial charge in [0.1, 0.15) is 17.9 Å². The second-order valence-electron chi connectivity index (χ2n) is 5.17. The number of nitrogens with zero attached hydrogens (tertiary/aromatic N) is 2. The van der Waals surface area contributed by atoms with Crippen LogP contribution in [0.15, 0.2) is 30.6 Å². The van der Waals surface area contributed by atoms with E-state index in [1.165, 1.54) is 12.1 Å². The number of halogens is 2. The smallest absolute Gasteiger partial charge is 0.387 e. The standard InChI is InChI=1S/C17H21F2N3O/c1-4-14-15(5-2)20-10-21-16(14)22-11(3)12-6-8-13(9-7-12)23-17(18)19/h6-11,17H,4-5H2,1-3H3,(H,20,21,22). The lowest BCUT2D eigenvalue weighted by atomic mass is 10.1. The van der Waals surface area contributed by atoms with Crippen LogP contribution in [-0.2, 0) is 12.8 Å². The van der Waals surface area contributed by atoms with E-state index in [1.807, 2.05) is 6.92 Å². The Balaban J connectivity index is 2.14. The van der Waals surface area contributed by atoms with Crippen LogP contribution in [0.25, 0.3) is 0 Å². The van der Waals surface area contributed by atoms with E-state index >= 15 is 0 Å². The lowest BCUT2D eigenvalue weighted by Gasteiger charge is -2.18. The molecule has 0 radical (unpaired) electrons. The molecule has 0 aliphatic carbocycles. The van der Waals surface area contributed by atoms with Crippen molar-refractivity contribution in [3.63, 3.8) is 0 Å². The summed E-state index contributed by atoms with van der Waals surface area (Å²) in [7, 11) is 0. The van der Waals surface area contributed by atoms with E-state index in [1.54, 1.807) is 18.5 Å². The number of anilines is 1. The second-order valence-corrected chi connectivity index (χ2v) is 5.17. The fourth-order valence-corrected chi connectivity index (χ4v) is 2.48. The number of hydrogen-bond donors (Lipinski definition) is 1. The molecule has 1 heterocycles. The van der Waals surface area contributed by atoms with Gasteiger partial charge >= 0.3 is 6.61 Å². The Morgan fingerprint density at radius 1 is 1.09 bits per heavy atom. The van der Waals surface area contributed by atoms with Gasteiger partial charge in [-0.1, -0.05) is 26.0 Å². The Morgan fingerprint density at radius 3 is 2.35 bits per heavy atom. The zero-order valence-electron chi connectivity index (χ0n) is 13.5. The molecule has 1 N–H and O–H groups in total. The molecule has 0 saturated heterocycles. The molecule has 0 spiro atoms. The summed E-state index contributed by atoms with van der Waals surface area (Å²) in [6.45, 7) is 3.33. The predicted octanol–water partition coefficient (Wildman–Crippen LogP) is 4.38. The van der Waals surface area contributed by atoms with E-state index in [4.69, 9.17) is 0 Å². The molecule has 23 heavy (non-hydrogen) atoms. The van der Waals surface area contributed by atoms with Gasteiger partial charge in [0.15, 0.2) is 0 Å². The van der Waals surface area contributed by atoms with Crippen molar-refractivity contribution in [2.24, 2.45) is 0 Å². The molecule has 2 rings (SSSR count). The highest BCUT2D eigenvalue weighted by molar-refractivity contribution is 5.48. The third-order valence-electron chi connectivity index (χ3n) is 3.68. The van der Waals surface area contributed by atoms with Crippen LogP contribution in [0.5, 0.6) is 5.75 Å². The lowest BCUT2D eigenvalue weighted by molar-refractivity contribution is -0.0498. The molecule has 2 aromatic rings. The molecular formula is C17H21F2N3O. The van der Waals surface area contributed by atoms with E-state index < -0.39 is 6.61 Å². The minimum atomic E-state index is -2.81. The second kappa shape index (κ2) is 7.85. The molecule has 1 aromatic carbocycles. The number of alkyl halides is 2. The predicted molar refractivity (Wildman–Crippen MR) is 85.9 cm³/mol. The molecule has 0 bridgehead atoms. The van der Waals surface area contributed by atoms with Crippen LogP contribution in [0.4, 0.5) is 14.6 Å². The van der Waals surface area contributed by atoms with Crippen molar-refractivity contribution < 1.29 is 13.5 Å². The third-order valence-corrected chi connectivity index (χ3v) is 3.68. The zero-order valence-corrected chi connectivity index (χ0v) is 13.5. The van der Waals surface area contributed by atoms with Crippen molar-refractivity contribution >= 4 is 5.82 Å². The van der Waals surface area contributed by atoms with Crippen molar-refractivity contribution in [1.29, 1.82) is 0 Å². The largest absolute Gasteiger partial charge is 0.435 e. The summed E-state index contributed by atoms with van der Waals surface area (Å²) in [5, 5.41) is 3.37. The SMILES string of the molecule is CCc1ncnc(NC(C)c2ccc(OC(F)F)cc2)c1CC. The minimum absolute atomic E-state index is 0.0134. The molecule has 1 aromatic heterocycles. The molecule has 0 saturated carbocycles. The maximum absolute atomic E-state index is 12.2. The molecule has 4 nitrogen and oxygen atoms in total. The molecular weight excluding hydrogens is 300 g/mol. The van der Waals surface area contributed by atoms with E-state index in [2.05, 4.69) is 33.9 Å². The average Bonchev–Trinajstić information content (AvgIpc) is 2.54. The Labute approximate surface area is 134 Å². The van der Waals surface area contributed by atoms with Crippen LogP contribution >= 0.6 is 0 Å². The summed E-state index contributed by atoms with van der Waals surface area (Å²) >= 11 is 0. The molecule has 1 atom stereocenters.